The van der Waals surface area contributed by atoms with E-state index < -0.39 is 0 Å². The molecule has 1 saturated carbocycles. The molecule has 0 radical (unpaired) electrons. The topological polar surface area (TPSA) is 56.7 Å². The number of nitrogens with two attached hydrogens (primary N) is 1. The molecule has 1 unspecified atom stereocenters. The fourth-order valence-corrected chi connectivity index (χ4v) is 3.47. The molecule has 0 spiro atoms. The van der Waals surface area contributed by atoms with Crippen molar-refractivity contribution < 1.29 is 0 Å². The van der Waals surface area contributed by atoms with Gasteiger partial charge in [-0.05, 0) is 38.0 Å². The van der Waals surface area contributed by atoms with Gasteiger partial charge < -0.3 is 10.3 Å². The fraction of sp³-hybridized carbons (Fsp3) is 0.333. The minimum Gasteiger partial charge on any atom is -0.322 e. The first-order valence-corrected chi connectivity index (χ1v) is 8.28. The fourth-order valence-electron chi connectivity index (χ4n) is 2.55. The highest BCUT2D eigenvalue weighted by atomic mass is 35.5. The van der Waals surface area contributed by atoms with Crippen LogP contribution in [0, 0.1) is 0 Å². The Morgan fingerprint density at radius 3 is 2.86 bits per heavy atom. The van der Waals surface area contributed by atoms with Crippen LogP contribution in [-0.2, 0) is 0 Å². The summed E-state index contributed by atoms with van der Waals surface area (Å²) in [5, 5.41) is 3.73. The average molecular weight is 319 g/mol. The first kappa shape index (κ1) is 13.2. The normalized spacial score (nSPS) is 16.5. The summed E-state index contributed by atoms with van der Waals surface area (Å²) in [4.78, 5) is 9.41. The standard InChI is InChI=1S/C15H15ClN4S/c1-8(17)15-19-12(7-21-15)14-18-11-5-2-9(16)6-13(11)20(14)10-3-4-10/h2,5-8,10H,3-4,17H2,1H3. The minimum atomic E-state index is -0.0445. The Morgan fingerprint density at radius 2 is 2.19 bits per heavy atom. The van der Waals surface area contributed by atoms with E-state index in [4.69, 9.17) is 22.3 Å². The molecule has 1 fully saturated rings. The number of hydrogen-bond donors (Lipinski definition) is 1. The van der Waals surface area contributed by atoms with Crippen LogP contribution < -0.4 is 5.73 Å². The third-order valence-electron chi connectivity index (χ3n) is 3.70. The number of fused-ring (bicyclic) bond motifs is 1. The van der Waals surface area contributed by atoms with Gasteiger partial charge in [-0.15, -0.1) is 11.3 Å². The molecule has 3 aromatic rings. The van der Waals surface area contributed by atoms with Crippen molar-refractivity contribution in [3.63, 3.8) is 0 Å². The Morgan fingerprint density at radius 1 is 1.38 bits per heavy atom. The summed E-state index contributed by atoms with van der Waals surface area (Å²) < 4.78 is 2.28. The number of benzene rings is 1. The van der Waals surface area contributed by atoms with E-state index in [0.717, 1.165) is 32.6 Å². The molecule has 2 aromatic heterocycles. The summed E-state index contributed by atoms with van der Waals surface area (Å²) >= 11 is 7.74. The Labute approximate surface area is 131 Å². The van der Waals surface area contributed by atoms with Crippen LogP contribution in [0.25, 0.3) is 22.6 Å². The van der Waals surface area contributed by atoms with E-state index in [0.29, 0.717) is 6.04 Å². The van der Waals surface area contributed by atoms with Gasteiger partial charge in [0.15, 0.2) is 5.82 Å². The van der Waals surface area contributed by atoms with Crippen molar-refractivity contribution in [2.24, 2.45) is 5.73 Å². The van der Waals surface area contributed by atoms with Gasteiger partial charge >= 0.3 is 0 Å². The van der Waals surface area contributed by atoms with E-state index in [1.807, 2.05) is 30.5 Å². The van der Waals surface area contributed by atoms with Gasteiger partial charge in [-0.3, -0.25) is 0 Å². The SMILES string of the molecule is CC(N)c1nc(-c2nc3ccc(Cl)cc3n2C2CC2)cs1. The highest BCUT2D eigenvalue weighted by Gasteiger charge is 2.29. The van der Waals surface area contributed by atoms with Gasteiger partial charge in [0.2, 0.25) is 0 Å². The molecule has 6 heteroatoms. The van der Waals surface area contributed by atoms with Crippen LogP contribution in [-0.4, -0.2) is 14.5 Å². The molecule has 1 aliphatic carbocycles. The summed E-state index contributed by atoms with van der Waals surface area (Å²) in [6, 6.07) is 6.32. The smallest absolute Gasteiger partial charge is 0.160 e. The number of hydrogen-bond acceptors (Lipinski definition) is 4. The van der Waals surface area contributed by atoms with Crippen molar-refractivity contribution >= 4 is 34.0 Å². The highest BCUT2D eigenvalue weighted by Crippen LogP contribution is 2.41. The number of thiazole rings is 1. The molecule has 2 heterocycles. The molecule has 1 aliphatic rings. The molecule has 0 bridgehead atoms. The van der Waals surface area contributed by atoms with Crippen LogP contribution in [0.3, 0.4) is 0 Å². The minimum absolute atomic E-state index is 0.0445. The number of aromatic nitrogens is 3. The van der Waals surface area contributed by atoms with Gasteiger partial charge in [-0.1, -0.05) is 11.6 Å². The maximum absolute atomic E-state index is 6.15. The van der Waals surface area contributed by atoms with Crippen LogP contribution >= 0.6 is 22.9 Å². The molecule has 21 heavy (non-hydrogen) atoms. The number of halogens is 1. The van der Waals surface area contributed by atoms with Crippen molar-refractivity contribution in [1.82, 2.24) is 14.5 Å². The second kappa shape index (κ2) is 4.80. The maximum Gasteiger partial charge on any atom is 0.160 e. The van der Waals surface area contributed by atoms with Crippen molar-refractivity contribution in [1.29, 1.82) is 0 Å². The third kappa shape index (κ3) is 2.25. The van der Waals surface area contributed by atoms with Crippen molar-refractivity contribution in [3.8, 4) is 11.5 Å². The maximum atomic E-state index is 6.15. The Hall–Kier alpha value is -1.43. The first-order valence-electron chi connectivity index (χ1n) is 7.02. The van der Waals surface area contributed by atoms with Crippen molar-refractivity contribution in [3.05, 3.63) is 33.6 Å². The Bertz CT molecular complexity index is 816. The van der Waals surface area contributed by atoms with Gasteiger partial charge in [0.25, 0.3) is 0 Å². The first-order chi connectivity index (χ1) is 10.1. The number of imidazole rings is 1. The molecule has 108 valence electrons. The largest absolute Gasteiger partial charge is 0.322 e. The van der Waals surface area contributed by atoms with E-state index in [1.54, 1.807) is 11.3 Å². The van der Waals surface area contributed by atoms with Crippen LogP contribution in [0.5, 0.6) is 0 Å². The molecule has 2 N–H and O–H groups in total. The quantitative estimate of drug-likeness (QED) is 0.788. The van der Waals surface area contributed by atoms with Gasteiger partial charge in [0.1, 0.15) is 10.7 Å². The zero-order valence-corrected chi connectivity index (χ0v) is 13.2. The summed E-state index contributed by atoms with van der Waals surface area (Å²) in [6.07, 6.45) is 2.38. The van der Waals surface area contributed by atoms with Crippen molar-refractivity contribution in [2.75, 3.05) is 0 Å². The molecular formula is C15H15ClN4S. The number of rotatable bonds is 3. The van der Waals surface area contributed by atoms with Crippen LogP contribution in [0.1, 0.15) is 36.9 Å². The number of nitrogens with zero attached hydrogens (tertiary/aromatic N) is 3. The second-order valence-electron chi connectivity index (χ2n) is 5.53. The van der Waals surface area contributed by atoms with Crippen LogP contribution in [0.2, 0.25) is 5.02 Å². The molecule has 0 aliphatic heterocycles. The molecule has 1 aromatic carbocycles. The Kier molecular flexibility index (Phi) is 3.03. The highest BCUT2D eigenvalue weighted by molar-refractivity contribution is 7.10. The third-order valence-corrected chi connectivity index (χ3v) is 4.98. The van der Waals surface area contributed by atoms with Gasteiger partial charge in [0.05, 0.1) is 17.1 Å². The predicted molar refractivity (Wildman–Crippen MR) is 86.7 cm³/mol. The van der Waals surface area contributed by atoms with Gasteiger partial charge in [0, 0.05) is 16.4 Å². The van der Waals surface area contributed by atoms with E-state index in [-0.39, 0.29) is 6.04 Å². The van der Waals surface area contributed by atoms with Crippen LogP contribution in [0.15, 0.2) is 23.6 Å². The molecule has 4 nitrogen and oxygen atoms in total. The van der Waals surface area contributed by atoms with Crippen molar-refractivity contribution in [2.45, 2.75) is 31.8 Å². The zero-order valence-electron chi connectivity index (χ0n) is 11.6. The summed E-state index contributed by atoms with van der Waals surface area (Å²) in [5.41, 5.74) is 8.88. The van der Waals surface area contributed by atoms with Gasteiger partial charge in [-0.2, -0.15) is 0 Å². The molecular weight excluding hydrogens is 304 g/mol. The zero-order chi connectivity index (χ0) is 14.6. The molecule has 0 saturated heterocycles. The lowest BCUT2D eigenvalue weighted by Gasteiger charge is -2.05. The van der Waals surface area contributed by atoms with E-state index >= 15 is 0 Å². The van der Waals surface area contributed by atoms with E-state index in [1.165, 1.54) is 12.8 Å². The molecule has 4 rings (SSSR count). The Balaban J connectivity index is 1.92. The lowest BCUT2D eigenvalue weighted by molar-refractivity contribution is 0.768. The average Bonchev–Trinajstić information content (AvgIpc) is 3.03. The summed E-state index contributed by atoms with van der Waals surface area (Å²) in [6.45, 7) is 1.95. The molecule has 0 amide bonds. The lowest BCUT2D eigenvalue weighted by Crippen LogP contribution is -2.04. The predicted octanol–water partition coefficient (Wildman–Crippen LogP) is 4.17. The van der Waals surface area contributed by atoms with E-state index in [2.05, 4.69) is 9.55 Å². The summed E-state index contributed by atoms with van der Waals surface area (Å²) in [5.74, 6) is 0.929. The monoisotopic (exact) mass is 318 g/mol. The van der Waals surface area contributed by atoms with Gasteiger partial charge in [-0.25, -0.2) is 9.97 Å². The van der Waals surface area contributed by atoms with Crippen LogP contribution in [0.4, 0.5) is 0 Å². The lowest BCUT2D eigenvalue weighted by atomic mass is 10.3. The second-order valence-corrected chi connectivity index (χ2v) is 6.86. The van der Waals surface area contributed by atoms with E-state index in [9.17, 15) is 0 Å². The molecule has 1 atom stereocenters. The summed E-state index contributed by atoms with van der Waals surface area (Å²) in [7, 11) is 0.